The van der Waals surface area contributed by atoms with Gasteiger partial charge in [0, 0.05) is 11.3 Å². The second-order valence-electron chi connectivity index (χ2n) is 2.84. The van der Waals surface area contributed by atoms with Gasteiger partial charge in [0.25, 0.3) is 0 Å². The largest absolute Gasteiger partial charge is 1.00 e. The predicted molar refractivity (Wildman–Crippen MR) is 52.2 cm³/mol. The van der Waals surface area contributed by atoms with Gasteiger partial charge in [0.1, 0.15) is 10.1 Å². The van der Waals surface area contributed by atoms with Crippen molar-refractivity contribution in [3.05, 3.63) is 23.8 Å². The summed E-state index contributed by atoms with van der Waals surface area (Å²) in [4.78, 5) is 10.6. The van der Waals surface area contributed by atoms with Crippen LogP contribution in [0.4, 0.5) is 5.69 Å². The number of benzene rings is 1. The van der Waals surface area contributed by atoms with Crippen LogP contribution in [0.2, 0.25) is 0 Å². The summed E-state index contributed by atoms with van der Waals surface area (Å²) in [5.74, 6) is -0.621. The molecule has 0 unspecified atom stereocenters. The zero-order valence-electron chi connectivity index (χ0n) is 8.64. The molecule has 0 aliphatic rings. The molecule has 0 aliphatic heterocycles. The number of carbonyl (C=O) groups excluding carboxylic acids is 1. The molecule has 0 atom stereocenters. The van der Waals surface area contributed by atoms with Crippen molar-refractivity contribution in [1.82, 2.24) is 0 Å². The maximum Gasteiger partial charge on any atom is 1.00 e. The van der Waals surface area contributed by atoms with Gasteiger partial charge in [-0.25, -0.2) is 8.42 Å². The van der Waals surface area contributed by atoms with Crippen LogP contribution < -0.4 is 30.3 Å². The van der Waals surface area contributed by atoms with E-state index in [0.29, 0.717) is 0 Å². The third-order valence-corrected chi connectivity index (χ3v) is 2.64. The van der Waals surface area contributed by atoms with Gasteiger partial charge in [-0.05, 0) is 18.2 Å². The Morgan fingerprint density at radius 2 is 1.94 bits per heavy atom. The Balaban J connectivity index is 0.00000225. The van der Waals surface area contributed by atoms with Crippen LogP contribution >= 0.6 is 0 Å². The molecule has 1 rings (SSSR count). The molecule has 8 heteroatoms. The van der Waals surface area contributed by atoms with Crippen molar-refractivity contribution in [2.75, 3.05) is 12.3 Å². The first-order chi connectivity index (χ1) is 6.86. The van der Waals surface area contributed by atoms with Gasteiger partial charge in [-0.1, -0.05) is 0 Å². The summed E-state index contributed by atoms with van der Waals surface area (Å²) in [5.41, 5.74) is 10.3. The SMILES string of the molecule is NCC(=O)c1ccc(N)cc1S(=O)(=O)[O-].[Li+]. The van der Waals surface area contributed by atoms with Gasteiger partial charge in [-0.3, -0.25) is 4.79 Å². The number of anilines is 1. The van der Waals surface area contributed by atoms with Gasteiger partial charge >= 0.3 is 18.9 Å². The van der Waals surface area contributed by atoms with Crippen LogP contribution in [0.3, 0.4) is 0 Å². The van der Waals surface area contributed by atoms with Crippen molar-refractivity contribution in [1.29, 1.82) is 0 Å². The quantitative estimate of drug-likeness (QED) is 0.241. The van der Waals surface area contributed by atoms with E-state index in [4.69, 9.17) is 11.5 Å². The number of Topliss-reactive ketones (excluding diaryl/α,β-unsaturated/α-hetero) is 1. The number of hydrogen-bond acceptors (Lipinski definition) is 6. The monoisotopic (exact) mass is 236 g/mol. The van der Waals surface area contributed by atoms with E-state index in [9.17, 15) is 17.8 Å². The summed E-state index contributed by atoms with van der Waals surface area (Å²) in [7, 11) is -4.72. The average molecular weight is 236 g/mol. The van der Waals surface area contributed by atoms with Crippen molar-refractivity contribution >= 4 is 21.6 Å². The Morgan fingerprint density at radius 1 is 1.38 bits per heavy atom. The molecule has 0 saturated heterocycles. The maximum absolute atomic E-state index is 11.2. The molecule has 4 N–H and O–H groups in total. The average Bonchev–Trinajstić information content (AvgIpc) is 2.15. The zero-order valence-corrected chi connectivity index (χ0v) is 9.45. The Hall–Kier alpha value is -0.843. The number of ketones is 1. The number of nitrogens with two attached hydrogens (primary N) is 2. The van der Waals surface area contributed by atoms with Gasteiger partial charge in [0.15, 0.2) is 5.78 Å². The summed E-state index contributed by atoms with van der Waals surface area (Å²) in [6.45, 7) is -0.369. The van der Waals surface area contributed by atoms with Crippen LogP contribution in [0.15, 0.2) is 23.1 Å². The molecule has 0 spiro atoms. The second kappa shape index (κ2) is 5.48. The summed E-state index contributed by atoms with van der Waals surface area (Å²) in [6.07, 6.45) is 0. The number of nitrogen functional groups attached to an aromatic ring is 1. The van der Waals surface area contributed by atoms with E-state index in [1.807, 2.05) is 0 Å². The fourth-order valence-electron chi connectivity index (χ4n) is 1.09. The van der Waals surface area contributed by atoms with Crippen molar-refractivity contribution in [2.45, 2.75) is 4.90 Å². The first kappa shape index (κ1) is 15.2. The summed E-state index contributed by atoms with van der Waals surface area (Å²) < 4.78 is 32.5. The third-order valence-electron chi connectivity index (χ3n) is 1.76. The molecule has 0 bridgehead atoms. The van der Waals surface area contributed by atoms with Gasteiger partial charge in [0.05, 0.1) is 11.4 Å². The minimum atomic E-state index is -4.72. The number of rotatable bonds is 3. The van der Waals surface area contributed by atoms with Crippen LogP contribution in [-0.4, -0.2) is 25.3 Å². The number of hydrogen-bond donors (Lipinski definition) is 2. The molecule has 16 heavy (non-hydrogen) atoms. The Kier molecular flexibility index (Phi) is 5.19. The van der Waals surface area contributed by atoms with Gasteiger partial charge in [-0.15, -0.1) is 0 Å². The molecule has 1 aromatic carbocycles. The van der Waals surface area contributed by atoms with Crippen LogP contribution in [0.1, 0.15) is 10.4 Å². The molecule has 0 fully saturated rings. The molecule has 1 aromatic rings. The van der Waals surface area contributed by atoms with Crippen molar-refractivity contribution in [3.63, 3.8) is 0 Å². The van der Waals surface area contributed by atoms with E-state index >= 15 is 0 Å². The summed E-state index contributed by atoms with van der Waals surface area (Å²) in [6, 6.07) is 3.46. The maximum atomic E-state index is 11.2. The molecule has 0 heterocycles. The van der Waals surface area contributed by atoms with Crippen molar-refractivity contribution in [3.8, 4) is 0 Å². The first-order valence-corrected chi connectivity index (χ1v) is 5.36. The summed E-state index contributed by atoms with van der Waals surface area (Å²) >= 11 is 0. The topological polar surface area (TPSA) is 126 Å². The molecule has 82 valence electrons. The normalized spacial score (nSPS) is 10.6. The van der Waals surface area contributed by atoms with Crippen molar-refractivity contribution < 1.29 is 36.6 Å². The van der Waals surface area contributed by atoms with E-state index in [2.05, 4.69) is 0 Å². The minimum Gasteiger partial charge on any atom is -0.744 e. The molecule has 0 saturated carbocycles. The Labute approximate surface area is 105 Å². The van der Waals surface area contributed by atoms with Gasteiger partial charge in [0.2, 0.25) is 0 Å². The van der Waals surface area contributed by atoms with Crippen LogP contribution in [0, 0.1) is 0 Å². The van der Waals surface area contributed by atoms with E-state index in [0.717, 1.165) is 6.07 Å². The molecule has 6 nitrogen and oxygen atoms in total. The van der Waals surface area contributed by atoms with Crippen molar-refractivity contribution in [2.24, 2.45) is 5.73 Å². The molecule has 0 amide bonds. The summed E-state index contributed by atoms with van der Waals surface area (Å²) in [5, 5.41) is 0. The third kappa shape index (κ3) is 3.33. The van der Waals surface area contributed by atoms with Crippen LogP contribution in [-0.2, 0) is 10.1 Å². The zero-order chi connectivity index (χ0) is 11.6. The van der Waals surface area contributed by atoms with E-state index in [1.54, 1.807) is 0 Å². The molecule has 0 radical (unpaired) electrons. The van der Waals surface area contributed by atoms with Crippen LogP contribution in [0.25, 0.3) is 0 Å². The van der Waals surface area contributed by atoms with Crippen LogP contribution in [0.5, 0.6) is 0 Å². The second-order valence-corrected chi connectivity index (χ2v) is 4.19. The molecular weight excluding hydrogens is 227 g/mol. The van der Waals surface area contributed by atoms with E-state index in [-0.39, 0.29) is 36.7 Å². The molecule has 0 aliphatic carbocycles. The fourth-order valence-corrected chi connectivity index (χ4v) is 1.82. The predicted octanol–water partition coefficient (Wildman–Crippen LogP) is -3.68. The smallest absolute Gasteiger partial charge is 0.744 e. The van der Waals surface area contributed by atoms with E-state index in [1.165, 1.54) is 12.1 Å². The fraction of sp³-hybridized carbons (Fsp3) is 0.125. The van der Waals surface area contributed by atoms with Gasteiger partial charge < -0.3 is 16.0 Å². The number of carbonyl (C=O) groups is 1. The first-order valence-electron chi connectivity index (χ1n) is 3.95. The Morgan fingerprint density at radius 3 is 2.38 bits per heavy atom. The molecular formula is C8H9LiN2O4S. The Bertz CT molecular complexity index is 501. The van der Waals surface area contributed by atoms with E-state index < -0.39 is 20.8 Å². The van der Waals surface area contributed by atoms with Gasteiger partial charge in [-0.2, -0.15) is 0 Å². The molecule has 0 aromatic heterocycles. The minimum absolute atomic E-state index is 0. The standard InChI is InChI=1S/C8H10N2O4S.Li/c9-4-7(11)6-2-1-5(10)3-8(6)15(12,13)14;/h1-3H,4,9-10H2,(H,12,13,14);/q;+1/p-1.